The first-order valence-electron chi connectivity index (χ1n) is 2.45. The van der Waals surface area contributed by atoms with Gasteiger partial charge in [0.25, 0.3) is 0 Å². The third-order valence-electron chi connectivity index (χ3n) is 0.938. The molecular weight excluding hydrogens is 124 g/mol. The molecule has 44 valence electrons. The lowest BCUT2D eigenvalue weighted by molar-refractivity contribution is 0.425. The van der Waals surface area contributed by atoms with Gasteiger partial charge in [0, 0.05) is 7.11 Å². The molecule has 0 aromatic heterocycles. The van der Waals surface area contributed by atoms with Crippen molar-refractivity contribution >= 4 is 21.7 Å². The van der Waals surface area contributed by atoms with E-state index in [-0.39, 0.29) is 0 Å². The van der Waals surface area contributed by atoms with Gasteiger partial charge in [0.1, 0.15) is 0 Å². The van der Waals surface area contributed by atoms with Gasteiger partial charge in [-0.1, -0.05) is 0 Å². The maximum Gasteiger partial charge on any atom is 0.174 e. The summed E-state index contributed by atoms with van der Waals surface area (Å²) >= 11 is 4.07. The van der Waals surface area contributed by atoms with Crippen LogP contribution in [0.3, 0.4) is 0 Å². The third kappa shape index (κ3) is 4.38. The number of thiol groups is 1. The van der Waals surface area contributed by atoms with E-state index in [0.717, 1.165) is 5.75 Å². The highest BCUT2D eigenvalue weighted by molar-refractivity contribution is 7.80. The van der Waals surface area contributed by atoms with Crippen LogP contribution < -0.4 is 0 Å². The third-order valence-corrected chi connectivity index (χ3v) is 3.59. The fraction of sp³-hybridized carbons (Fsp3) is 1.00. The van der Waals surface area contributed by atoms with Gasteiger partial charge in [-0.05, 0) is 18.3 Å². The van der Waals surface area contributed by atoms with Crippen molar-refractivity contribution in [2.45, 2.75) is 12.6 Å². The molecule has 0 saturated heterocycles. The van der Waals surface area contributed by atoms with Crippen LogP contribution in [-0.4, -0.2) is 21.9 Å². The molecule has 0 heterocycles. The monoisotopic (exact) mass is 136 g/mol. The number of hydrogen-bond acceptors (Lipinski definition) is 2. The predicted molar refractivity (Wildman–Crippen MR) is 38.7 cm³/mol. The van der Waals surface area contributed by atoms with Crippen LogP contribution in [0.1, 0.15) is 0 Å². The standard InChI is InChI=1S/C4H12OSSi/c1-5-7(2)4-3-6/h6-7H,3-4H2,1-2H3. The van der Waals surface area contributed by atoms with E-state index in [1.54, 1.807) is 7.11 Å². The second-order valence-electron chi connectivity index (χ2n) is 1.56. The lowest BCUT2D eigenvalue weighted by atomic mass is 11.0. The zero-order chi connectivity index (χ0) is 5.70. The molecule has 0 radical (unpaired) electrons. The molecule has 1 nitrogen and oxygen atoms in total. The summed E-state index contributed by atoms with van der Waals surface area (Å²) in [7, 11) is 1.02. The van der Waals surface area contributed by atoms with E-state index in [0.29, 0.717) is 0 Å². The van der Waals surface area contributed by atoms with Gasteiger partial charge in [0.05, 0.1) is 0 Å². The smallest absolute Gasteiger partial charge is 0.174 e. The summed E-state index contributed by atoms with van der Waals surface area (Å²) in [5, 5.41) is 0. The van der Waals surface area contributed by atoms with Gasteiger partial charge in [-0.15, -0.1) is 0 Å². The van der Waals surface area contributed by atoms with Crippen LogP contribution in [0.25, 0.3) is 0 Å². The summed E-state index contributed by atoms with van der Waals surface area (Å²) in [6.45, 7) is 2.18. The zero-order valence-electron chi connectivity index (χ0n) is 4.85. The highest BCUT2D eigenvalue weighted by Gasteiger charge is 1.96. The molecule has 0 aliphatic heterocycles. The van der Waals surface area contributed by atoms with E-state index in [1.807, 2.05) is 0 Å². The van der Waals surface area contributed by atoms with Crippen LogP contribution in [0.5, 0.6) is 0 Å². The van der Waals surface area contributed by atoms with E-state index in [4.69, 9.17) is 4.43 Å². The van der Waals surface area contributed by atoms with E-state index in [1.165, 1.54) is 6.04 Å². The largest absolute Gasteiger partial charge is 0.423 e. The maximum atomic E-state index is 5.08. The van der Waals surface area contributed by atoms with Crippen LogP contribution in [0.2, 0.25) is 12.6 Å². The molecule has 0 amide bonds. The average molecular weight is 136 g/mol. The summed E-state index contributed by atoms with van der Waals surface area (Å²) in [4.78, 5) is 0. The Morgan fingerprint density at radius 2 is 2.29 bits per heavy atom. The Bertz CT molecular complexity index is 42.7. The summed E-state index contributed by atoms with van der Waals surface area (Å²) in [6, 6.07) is 1.18. The van der Waals surface area contributed by atoms with Crippen LogP contribution >= 0.6 is 12.6 Å². The minimum atomic E-state index is -0.758. The van der Waals surface area contributed by atoms with Crippen LogP contribution in [-0.2, 0) is 4.43 Å². The Morgan fingerprint density at radius 1 is 1.71 bits per heavy atom. The molecule has 0 spiro atoms. The fourth-order valence-electron chi connectivity index (χ4n) is 0.300. The maximum absolute atomic E-state index is 5.08. The Balaban J connectivity index is 2.83. The van der Waals surface area contributed by atoms with Gasteiger partial charge in [-0.3, -0.25) is 0 Å². The van der Waals surface area contributed by atoms with Crippen molar-refractivity contribution in [3.05, 3.63) is 0 Å². The summed E-state index contributed by atoms with van der Waals surface area (Å²) in [5.41, 5.74) is 0. The Hall–Kier alpha value is 0.527. The SMILES string of the molecule is CO[SiH](C)CCS. The molecule has 1 unspecified atom stereocenters. The van der Waals surface area contributed by atoms with Crippen LogP contribution in [0.4, 0.5) is 0 Å². The highest BCUT2D eigenvalue weighted by atomic mass is 32.1. The van der Waals surface area contributed by atoms with Crippen molar-refractivity contribution in [1.82, 2.24) is 0 Å². The van der Waals surface area contributed by atoms with Gasteiger partial charge in [0.15, 0.2) is 9.04 Å². The predicted octanol–water partition coefficient (Wildman–Crippen LogP) is 0.916. The summed E-state index contributed by atoms with van der Waals surface area (Å²) in [6.07, 6.45) is 0. The van der Waals surface area contributed by atoms with Crippen molar-refractivity contribution < 1.29 is 4.43 Å². The molecule has 0 bridgehead atoms. The molecule has 7 heavy (non-hydrogen) atoms. The first-order valence-corrected chi connectivity index (χ1v) is 5.52. The average Bonchev–Trinajstić information content (AvgIpc) is 1.68. The minimum absolute atomic E-state index is 0.758. The van der Waals surface area contributed by atoms with Crippen molar-refractivity contribution in [2.75, 3.05) is 12.9 Å². The lowest BCUT2D eigenvalue weighted by Crippen LogP contribution is -2.09. The van der Waals surface area contributed by atoms with Gasteiger partial charge in [-0.2, -0.15) is 12.6 Å². The molecular formula is C4H12OSSi. The molecule has 3 heteroatoms. The molecule has 0 N–H and O–H groups in total. The Labute approximate surface area is 52.2 Å². The molecule has 0 fully saturated rings. The second kappa shape index (κ2) is 4.68. The highest BCUT2D eigenvalue weighted by Crippen LogP contribution is 1.92. The molecule has 0 saturated carbocycles. The van der Waals surface area contributed by atoms with Crippen molar-refractivity contribution in [3.8, 4) is 0 Å². The van der Waals surface area contributed by atoms with E-state index < -0.39 is 9.04 Å². The topological polar surface area (TPSA) is 9.23 Å². The van der Waals surface area contributed by atoms with E-state index in [9.17, 15) is 0 Å². The molecule has 0 aliphatic carbocycles. The van der Waals surface area contributed by atoms with Gasteiger partial charge in [-0.25, -0.2) is 0 Å². The van der Waals surface area contributed by atoms with Gasteiger partial charge >= 0.3 is 0 Å². The fourth-order valence-corrected chi connectivity index (χ4v) is 1.99. The number of rotatable bonds is 3. The molecule has 0 rings (SSSR count). The second-order valence-corrected chi connectivity index (χ2v) is 4.68. The zero-order valence-corrected chi connectivity index (χ0v) is 6.90. The van der Waals surface area contributed by atoms with Crippen LogP contribution in [0, 0.1) is 0 Å². The Morgan fingerprint density at radius 3 is 2.43 bits per heavy atom. The molecule has 1 atom stereocenters. The summed E-state index contributed by atoms with van der Waals surface area (Å²) in [5.74, 6) is 0.973. The number of hydrogen-bond donors (Lipinski definition) is 1. The molecule has 0 aromatic rings. The normalized spacial score (nSPS) is 14.1. The molecule has 0 aromatic carbocycles. The van der Waals surface area contributed by atoms with Crippen LogP contribution in [0.15, 0.2) is 0 Å². The summed E-state index contributed by atoms with van der Waals surface area (Å²) < 4.78 is 5.08. The first-order chi connectivity index (χ1) is 3.31. The van der Waals surface area contributed by atoms with Crippen molar-refractivity contribution in [3.63, 3.8) is 0 Å². The molecule has 0 aliphatic rings. The van der Waals surface area contributed by atoms with E-state index in [2.05, 4.69) is 19.2 Å². The lowest BCUT2D eigenvalue weighted by Gasteiger charge is -2.01. The van der Waals surface area contributed by atoms with E-state index >= 15 is 0 Å². The quantitative estimate of drug-likeness (QED) is 0.448. The van der Waals surface area contributed by atoms with Gasteiger partial charge < -0.3 is 4.43 Å². The van der Waals surface area contributed by atoms with Crippen molar-refractivity contribution in [1.29, 1.82) is 0 Å². The first kappa shape index (κ1) is 7.53. The Kier molecular flexibility index (Phi) is 5.03. The van der Waals surface area contributed by atoms with Gasteiger partial charge in [0.2, 0.25) is 0 Å². The van der Waals surface area contributed by atoms with Crippen molar-refractivity contribution in [2.24, 2.45) is 0 Å². The minimum Gasteiger partial charge on any atom is -0.423 e.